The van der Waals surface area contributed by atoms with E-state index in [1.54, 1.807) is 11.0 Å². The van der Waals surface area contributed by atoms with Crippen molar-refractivity contribution in [1.82, 2.24) is 20.6 Å². The topological polar surface area (TPSA) is 120 Å². The summed E-state index contributed by atoms with van der Waals surface area (Å²) in [5.74, 6) is 0.336. The minimum atomic E-state index is -0.334. The SMILES string of the molecule is C=CC(=O)N(c1cc(C(=O)NCc2c(CCC)cc(C)[nH]c2=O)cc(-c2ccc(N3CCNCC3)nc2)c1)C1CCOCC1. The lowest BCUT2D eigenvalue weighted by molar-refractivity contribution is -0.115. The monoisotopic (exact) mass is 598 g/mol. The minimum absolute atomic E-state index is 0.0867. The van der Waals surface area contributed by atoms with Crippen LogP contribution in [0.1, 0.15) is 53.4 Å². The lowest BCUT2D eigenvalue weighted by Crippen LogP contribution is -2.43. The van der Waals surface area contributed by atoms with E-state index in [-0.39, 0.29) is 30.0 Å². The van der Waals surface area contributed by atoms with Gasteiger partial charge < -0.3 is 30.2 Å². The average molecular weight is 599 g/mol. The number of aryl methyl sites for hydroxylation is 2. The summed E-state index contributed by atoms with van der Waals surface area (Å²) >= 11 is 0. The zero-order chi connectivity index (χ0) is 31.1. The number of nitrogens with zero attached hydrogens (tertiary/aromatic N) is 3. The van der Waals surface area contributed by atoms with Crippen molar-refractivity contribution in [2.45, 2.75) is 52.1 Å². The number of pyridine rings is 2. The fourth-order valence-electron chi connectivity index (χ4n) is 5.99. The van der Waals surface area contributed by atoms with Crippen molar-refractivity contribution in [1.29, 1.82) is 0 Å². The molecule has 3 N–H and O–H groups in total. The molecular weight excluding hydrogens is 556 g/mol. The molecule has 1 aromatic carbocycles. The van der Waals surface area contributed by atoms with Crippen LogP contribution >= 0.6 is 0 Å². The lowest BCUT2D eigenvalue weighted by Gasteiger charge is -2.34. The Morgan fingerprint density at radius 1 is 1.14 bits per heavy atom. The molecule has 2 aliphatic rings. The quantitative estimate of drug-likeness (QED) is 0.304. The fraction of sp³-hybridized carbons (Fsp3) is 0.412. The molecule has 10 heteroatoms. The minimum Gasteiger partial charge on any atom is -0.381 e. The van der Waals surface area contributed by atoms with Gasteiger partial charge in [-0.3, -0.25) is 14.4 Å². The van der Waals surface area contributed by atoms with Crippen LogP contribution in [0.25, 0.3) is 11.1 Å². The zero-order valence-corrected chi connectivity index (χ0v) is 25.7. The van der Waals surface area contributed by atoms with Crippen molar-refractivity contribution in [3.8, 4) is 11.1 Å². The molecule has 4 heterocycles. The normalized spacial score (nSPS) is 15.5. The van der Waals surface area contributed by atoms with E-state index >= 15 is 0 Å². The first-order valence-corrected chi connectivity index (χ1v) is 15.5. The molecule has 0 bridgehead atoms. The maximum absolute atomic E-state index is 13.7. The second-order valence-corrected chi connectivity index (χ2v) is 11.4. The summed E-state index contributed by atoms with van der Waals surface area (Å²) in [6.07, 6.45) is 6.12. The van der Waals surface area contributed by atoms with E-state index < -0.39 is 0 Å². The van der Waals surface area contributed by atoms with Gasteiger partial charge in [0.1, 0.15) is 5.82 Å². The van der Waals surface area contributed by atoms with Crippen LogP contribution in [0.2, 0.25) is 0 Å². The Bertz CT molecular complexity index is 1540. The number of anilines is 2. The van der Waals surface area contributed by atoms with Crippen LogP contribution in [0.4, 0.5) is 11.5 Å². The van der Waals surface area contributed by atoms with Crippen LogP contribution in [0.3, 0.4) is 0 Å². The van der Waals surface area contributed by atoms with Gasteiger partial charge in [0.25, 0.3) is 17.4 Å². The van der Waals surface area contributed by atoms with Gasteiger partial charge in [0.15, 0.2) is 0 Å². The standard InChI is InChI=1S/C34H42N6O4/c1-4-6-24-17-23(3)38-34(43)30(24)22-37-33(42)27-18-26(25-7-8-31(36-21-25)39-13-11-35-12-14-39)19-29(20-27)40(32(41)5-2)28-9-15-44-16-10-28/h5,7-8,17-21,28,35H,2,4,6,9-16,22H2,1,3H3,(H,37,42)(H,38,43). The van der Waals surface area contributed by atoms with Crippen LogP contribution in [-0.4, -0.2) is 67.2 Å². The Balaban J connectivity index is 1.50. The number of aromatic nitrogens is 2. The number of rotatable bonds is 10. The van der Waals surface area contributed by atoms with E-state index in [9.17, 15) is 14.4 Å². The van der Waals surface area contributed by atoms with Crippen molar-refractivity contribution in [3.05, 3.63) is 88.0 Å². The molecule has 0 unspecified atom stereocenters. The number of hydrogen-bond acceptors (Lipinski definition) is 7. The Kier molecular flexibility index (Phi) is 10.2. The summed E-state index contributed by atoms with van der Waals surface area (Å²) in [6.45, 7) is 12.5. The van der Waals surface area contributed by atoms with E-state index in [4.69, 9.17) is 9.72 Å². The zero-order valence-electron chi connectivity index (χ0n) is 25.7. The number of carbonyl (C=O) groups is 2. The second kappa shape index (κ2) is 14.5. The van der Waals surface area contributed by atoms with Gasteiger partial charge in [-0.25, -0.2) is 4.98 Å². The molecule has 3 aromatic rings. The number of nitrogens with one attached hydrogen (secondary N) is 3. The first-order valence-electron chi connectivity index (χ1n) is 15.5. The van der Waals surface area contributed by atoms with E-state index in [1.807, 2.05) is 43.5 Å². The van der Waals surface area contributed by atoms with Crippen LogP contribution < -0.4 is 26.0 Å². The molecule has 10 nitrogen and oxygen atoms in total. The van der Waals surface area contributed by atoms with Crippen LogP contribution in [0.15, 0.2) is 60.0 Å². The predicted molar refractivity (Wildman–Crippen MR) is 173 cm³/mol. The van der Waals surface area contributed by atoms with E-state index in [1.165, 1.54) is 6.08 Å². The molecule has 2 saturated heterocycles. The summed E-state index contributed by atoms with van der Waals surface area (Å²) in [6, 6.07) is 11.4. The third kappa shape index (κ3) is 7.26. The number of benzene rings is 1. The molecule has 44 heavy (non-hydrogen) atoms. The number of ether oxygens (including phenoxy) is 1. The summed E-state index contributed by atoms with van der Waals surface area (Å²) in [5, 5.41) is 6.32. The molecule has 0 aliphatic carbocycles. The number of carbonyl (C=O) groups excluding carboxylic acids is 2. The molecule has 5 rings (SSSR count). The first kappa shape index (κ1) is 31.2. The predicted octanol–water partition coefficient (Wildman–Crippen LogP) is 3.74. The van der Waals surface area contributed by atoms with E-state index in [0.29, 0.717) is 42.9 Å². The molecular formula is C34H42N6O4. The molecule has 2 fully saturated rings. The summed E-state index contributed by atoms with van der Waals surface area (Å²) in [7, 11) is 0. The number of piperazine rings is 1. The molecule has 0 spiro atoms. The van der Waals surface area contributed by atoms with Crippen LogP contribution in [-0.2, 0) is 22.5 Å². The number of hydrogen-bond donors (Lipinski definition) is 3. The second-order valence-electron chi connectivity index (χ2n) is 11.4. The summed E-state index contributed by atoms with van der Waals surface area (Å²) < 4.78 is 5.56. The molecule has 2 amide bonds. The third-order valence-electron chi connectivity index (χ3n) is 8.26. The van der Waals surface area contributed by atoms with Gasteiger partial charge in [0.05, 0.1) is 0 Å². The molecule has 0 radical (unpaired) electrons. The Morgan fingerprint density at radius 3 is 2.59 bits per heavy atom. The highest BCUT2D eigenvalue weighted by Crippen LogP contribution is 2.31. The Hall–Kier alpha value is -4.28. The highest BCUT2D eigenvalue weighted by molar-refractivity contribution is 6.04. The highest BCUT2D eigenvalue weighted by Gasteiger charge is 2.27. The molecule has 2 aliphatic heterocycles. The largest absolute Gasteiger partial charge is 0.381 e. The average Bonchev–Trinajstić information content (AvgIpc) is 3.05. The van der Waals surface area contributed by atoms with Crippen molar-refractivity contribution >= 4 is 23.3 Å². The van der Waals surface area contributed by atoms with Crippen molar-refractivity contribution < 1.29 is 14.3 Å². The van der Waals surface area contributed by atoms with E-state index in [0.717, 1.165) is 67.2 Å². The molecule has 0 atom stereocenters. The maximum Gasteiger partial charge on any atom is 0.253 e. The van der Waals surface area contributed by atoms with E-state index in [2.05, 4.69) is 34.0 Å². The number of H-pyrrole nitrogens is 1. The number of aromatic amines is 1. The van der Waals surface area contributed by atoms with Gasteiger partial charge in [0, 0.05) is 86.2 Å². The lowest BCUT2D eigenvalue weighted by atomic mass is 9.99. The first-order chi connectivity index (χ1) is 21.4. The van der Waals surface area contributed by atoms with Gasteiger partial charge in [-0.05, 0) is 79.8 Å². The Morgan fingerprint density at radius 2 is 1.91 bits per heavy atom. The molecule has 0 saturated carbocycles. The molecule has 232 valence electrons. The van der Waals surface area contributed by atoms with Gasteiger partial charge in [-0.1, -0.05) is 19.9 Å². The summed E-state index contributed by atoms with van der Waals surface area (Å²) in [5.41, 5.74) is 4.68. The Labute approximate surface area is 258 Å². The summed E-state index contributed by atoms with van der Waals surface area (Å²) in [4.78, 5) is 51.3. The van der Waals surface area contributed by atoms with Gasteiger partial charge in [-0.2, -0.15) is 0 Å². The van der Waals surface area contributed by atoms with Gasteiger partial charge >= 0.3 is 0 Å². The fourth-order valence-corrected chi connectivity index (χ4v) is 5.99. The van der Waals surface area contributed by atoms with Crippen molar-refractivity contribution in [2.75, 3.05) is 49.2 Å². The smallest absolute Gasteiger partial charge is 0.253 e. The maximum atomic E-state index is 13.7. The van der Waals surface area contributed by atoms with Crippen molar-refractivity contribution in [3.63, 3.8) is 0 Å². The third-order valence-corrected chi connectivity index (χ3v) is 8.26. The van der Waals surface area contributed by atoms with Gasteiger partial charge in [0.2, 0.25) is 0 Å². The van der Waals surface area contributed by atoms with Crippen molar-refractivity contribution in [2.24, 2.45) is 0 Å². The van der Waals surface area contributed by atoms with Crippen LogP contribution in [0, 0.1) is 6.92 Å². The molecule has 2 aromatic heterocycles. The highest BCUT2D eigenvalue weighted by atomic mass is 16.5. The van der Waals surface area contributed by atoms with Crippen LogP contribution in [0.5, 0.6) is 0 Å². The van der Waals surface area contributed by atoms with Gasteiger partial charge in [-0.15, -0.1) is 0 Å². The number of amides is 2.